The van der Waals surface area contributed by atoms with Gasteiger partial charge in [-0.15, -0.1) is 0 Å². The number of carbonyl (C=O) groups is 1. The summed E-state index contributed by atoms with van der Waals surface area (Å²) < 4.78 is 0.952. The lowest BCUT2D eigenvalue weighted by Gasteiger charge is -2.15. The molecule has 0 saturated carbocycles. The van der Waals surface area contributed by atoms with Crippen molar-refractivity contribution in [1.82, 2.24) is 5.32 Å². The number of halogens is 1. The summed E-state index contributed by atoms with van der Waals surface area (Å²) in [5.74, 6) is -0.617. The van der Waals surface area contributed by atoms with Crippen LogP contribution in [0.15, 0.2) is 42.5 Å². The minimum absolute atomic E-state index is 0.131. The average molecular weight is 441 g/mol. The van der Waals surface area contributed by atoms with Crippen molar-refractivity contribution >= 4 is 39.9 Å². The van der Waals surface area contributed by atoms with Crippen LogP contribution in [-0.2, 0) is 0 Å². The van der Waals surface area contributed by atoms with Crippen molar-refractivity contribution in [3.05, 3.63) is 77.4 Å². The van der Waals surface area contributed by atoms with E-state index in [2.05, 4.69) is 27.9 Å². The lowest BCUT2D eigenvalue weighted by molar-refractivity contribution is -0.394. The molecule has 0 unspecified atom stereocenters. The predicted octanol–water partition coefficient (Wildman–Crippen LogP) is 3.60. The zero-order valence-electron chi connectivity index (χ0n) is 12.4. The Morgan fingerprint density at radius 2 is 1.62 bits per heavy atom. The van der Waals surface area contributed by atoms with Gasteiger partial charge in [0.1, 0.15) is 0 Å². The van der Waals surface area contributed by atoms with E-state index < -0.39 is 27.1 Å². The highest BCUT2D eigenvalue weighted by Crippen LogP contribution is 2.24. The van der Waals surface area contributed by atoms with E-state index >= 15 is 0 Å². The second kappa shape index (κ2) is 7.34. The van der Waals surface area contributed by atoms with Crippen LogP contribution in [0.2, 0.25) is 0 Å². The molecule has 8 nitrogen and oxygen atoms in total. The van der Waals surface area contributed by atoms with E-state index in [-0.39, 0.29) is 11.6 Å². The number of nitro benzene ring substituents is 2. The zero-order chi connectivity index (χ0) is 17.9. The monoisotopic (exact) mass is 441 g/mol. The Morgan fingerprint density at radius 3 is 2.12 bits per heavy atom. The number of carbonyl (C=O) groups excluding carboxylic acids is 1. The maximum absolute atomic E-state index is 12.3. The van der Waals surface area contributed by atoms with Crippen LogP contribution in [0, 0.1) is 23.8 Å². The number of non-ortho nitro benzene ring substituents is 2. The molecule has 0 heterocycles. The number of benzene rings is 2. The topological polar surface area (TPSA) is 115 Å². The maximum atomic E-state index is 12.3. The van der Waals surface area contributed by atoms with Gasteiger partial charge in [0.05, 0.1) is 27.5 Å². The third-order valence-corrected chi connectivity index (χ3v) is 4.29. The molecule has 24 heavy (non-hydrogen) atoms. The van der Waals surface area contributed by atoms with E-state index in [1.807, 2.05) is 24.3 Å². The lowest BCUT2D eigenvalue weighted by Crippen LogP contribution is -2.27. The van der Waals surface area contributed by atoms with Gasteiger partial charge in [0.2, 0.25) is 0 Å². The summed E-state index contributed by atoms with van der Waals surface area (Å²) in [6.45, 7) is 1.77. The Kier molecular flexibility index (Phi) is 5.44. The van der Waals surface area contributed by atoms with E-state index in [4.69, 9.17) is 0 Å². The molecule has 1 atom stereocenters. The Morgan fingerprint density at radius 1 is 1.08 bits per heavy atom. The number of amides is 1. The first-order valence-corrected chi connectivity index (χ1v) is 7.86. The first kappa shape index (κ1) is 17.8. The summed E-state index contributed by atoms with van der Waals surface area (Å²) in [6.07, 6.45) is 0. The second-order valence-electron chi connectivity index (χ2n) is 4.97. The number of nitro groups is 2. The molecule has 0 aliphatic carbocycles. The molecule has 2 aromatic rings. The number of rotatable bonds is 5. The van der Waals surface area contributed by atoms with Crippen molar-refractivity contribution < 1.29 is 14.6 Å². The number of nitrogens with one attached hydrogen (secondary N) is 1. The fraction of sp³-hybridized carbons (Fsp3) is 0.133. The normalized spacial score (nSPS) is 11.6. The minimum atomic E-state index is -0.770. The van der Waals surface area contributed by atoms with Crippen molar-refractivity contribution in [2.45, 2.75) is 13.0 Å². The summed E-state index contributed by atoms with van der Waals surface area (Å²) >= 11 is 2.14. The van der Waals surface area contributed by atoms with Crippen molar-refractivity contribution in [3.8, 4) is 0 Å². The van der Waals surface area contributed by atoms with Gasteiger partial charge in [-0.2, -0.15) is 0 Å². The molecule has 1 N–H and O–H groups in total. The van der Waals surface area contributed by atoms with Gasteiger partial charge in [0, 0.05) is 15.7 Å². The molecule has 0 bridgehead atoms. The Bertz CT molecular complexity index is 792. The third kappa shape index (κ3) is 4.04. The maximum Gasteiger partial charge on any atom is 0.277 e. The molecule has 0 fully saturated rings. The summed E-state index contributed by atoms with van der Waals surface area (Å²) in [5.41, 5.74) is -0.257. The van der Waals surface area contributed by atoms with Gasteiger partial charge < -0.3 is 5.32 Å². The molecule has 0 radical (unpaired) electrons. The van der Waals surface area contributed by atoms with Crippen LogP contribution in [-0.4, -0.2) is 15.8 Å². The molecule has 0 aliphatic rings. The van der Waals surface area contributed by atoms with Gasteiger partial charge in [0.15, 0.2) is 0 Å². The smallest absolute Gasteiger partial charge is 0.277 e. The van der Waals surface area contributed by atoms with E-state index in [1.165, 1.54) is 0 Å². The molecule has 124 valence electrons. The van der Waals surface area contributed by atoms with Crippen molar-refractivity contribution in [2.24, 2.45) is 0 Å². The quantitative estimate of drug-likeness (QED) is 0.433. The van der Waals surface area contributed by atoms with Crippen molar-refractivity contribution in [2.75, 3.05) is 0 Å². The SMILES string of the molecule is C[C@H](NC(=O)c1cc([N+](=O)[O-])cc([N+](=O)[O-])c1)c1ccccc1I. The summed E-state index contributed by atoms with van der Waals surface area (Å²) in [7, 11) is 0. The molecule has 9 heteroatoms. The molecule has 0 spiro atoms. The summed E-state index contributed by atoms with van der Waals surface area (Å²) in [6, 6.07) is 9.93. The average Bonchev–Trinajstić information content (AvgIpc) is 2.54. The highest BCUT2D eigenvalue weighted by Gasteiger charge is 2.21. The fourth-order valence-corrected chi connectivity index (χ4v) is 2.98. The van der Waals surface area contributed by atoms with Crippen LogP contribution < -0.4 is 5.32 Å². The molecule has 2 aromatic carbocycles. The van der Waals surface area contributed by atoms with Crippen LogP contribution in [0.4, 0.5) is 11.4 Å². The Balaban J connectivity index is 2.31. The number of hydrogen-bond donors (Lipinski definition) is 1. The lowest BCUT2D eigenvalue weighted by atomic mass is 10.1. The highest BCUT2D eigenvalue weighted by atomic mass is 127. The first-order chi connectivity index (χ1) is 11.3. The number of nitrogens with zero attached hydrogens (tertiary/aromatic N) is 2. The largest absolute Gasteiger partial charge is 0.345 e. The van der Waals surface area contributed by atoms with Crippen molar-refractivity contribution in [3.63, 3.8) is 0 Å². The van der Waals surface area contributed by atoms with E-state index in [0.29, 0.717) is 0 Å². The Labute approximate surface area is 150 Å². The molecular formula is C15H12IN3O5. The third-order valence-electron chi connectivity index (χ3n) is 3.31. The fourth-order valence-electron chi connectivity index (χ4n) is 2.12. The highest BCUT2D eigenvalue weighted by molar-refractivity contribution is 14.1. The van der Waals surface area contributed by atoms with Crippen LogP contribution in [0.1, 0.15) is 28.9 Å². The second-order valence-corrected chi connectivity index (χ2v) is 6.13. The van der Waals surface area contributed by atoms with Gasteiger partial charge in [-0.25, -0.2) is 0 Å². The standard InChI is InChI=1S/C15H12IN3O5/c1-9(13-4-2-3-5-14(13)16)17-15(20)10-6-11(18(21)22)8-12(7-10)19(23)24/h2-9H,1H3,(H,17,20)/t9-/m0/s1. The van der Waals surface area contributed by atoms with Gasteiger partial charge in [0.25, 0.3) is 17.3 Å². The van der Waals surface area contributed by atoms with Gasteiger partial charge in [-0.3, -0.25) is 25.0 Å². The molecule has 0 saturated heterocycles. The van der Waals surface area contributed by atoms with E-state index in [1.54, 1.807) is 6.92 Å². The van der Waals surface area contributed by atoms with Crippen LogP contribution in [0.25, 0.3) is 0 Å². The van der Waals surface area contributed by atoms with E-state index in [0.717, 1.165) is 27.3 Å². The first-order valence-electron chi connectivity index (χ1n) is 6.78. The summed E-state index contributed by atoms with van der Waals surface area (Å²) in [4.78, 5) is 32.6. The van der Waals surface area contributed by atoms with E-state index in [9.17, 15) is 25.0 Å². The Hall–Kier alpha value is -2.56. The molecule has 1 amide bonds. The molecular weight excluding hydrogens is 429 g/mol. The zero-order valence-corrected chi connectivity index (χ0v) is 14.6. The predicted molar refractivity (Wildman–Crippen MR) is 94.8 cm³/mol. The molecule has 0 aliphatic heterocycles. The van der Waals surface area contributed by atoms with Gasteiger partial charge in [-0.1, -0.05) is 18.2 Å². The van der Waals surface area contributed by atoms with Crippen molar-refractivity contribution in [1.29, 1.82) is 0 Å². The molecule has 2 rings (SSSR count). The number of hydrogen-bond acceptors (Lipinski definition) is 5. The van der Waals surface area contributed by atoms with Gasteiger partial charge in [-0.05, 0) is 41.1 Å². The van der Waals surface area contributed by atoms with Crippen LogP contribution in [0.3, 0.4) is 0 Å². The summed E-state index contributed by atoms with van der Waals surface area (Å²) in [5, 5.41) is 24.5. The minimum Gasteiger partial charge on any atom is -0.345 e. The van der Waals surface area contributed by atoms with Crippen LogP contribution in [0.5, 0.6) is 0 Å². The molecule has 0 aromatic heterocycles. The van der Waals surface area contributed by atoms with Gasteiger partial charge >= 0.3 is 0 Å². The van der Waals surface area contributed by atoms with Crippen LogP contribution >= 0.6 is 22.6 Å².